The summed E-state index contributed by atoms with van der Waals surface area (Å²) in [5.41, 5.74) is 0. The highest BCUT2D eigenvalue weighted by molar-refractivity contribution is 5.72. The fourth-order valence-electron chi connectivity index (χ4n) is 1.98. The summed E-state index contributed by atoms with van der Waals surface area (Å²) in [5.74, 6) is 1.35. The second kappa shape index (κ2) is 10.4. The van der Waals surface area contributed by atoms with Crippen LogP contribution in [0.2, 0.25) is 0 Å². The second-order valence-corrected chi connectivity index (χ2v) is 5.95. The van der Waals surface area contributed by atoms with Gasteiger partial charge in [-0.15, -0.1) is 0 Å². The first-order valence-electron chi connectivity index (χ1n) is 7.67. The molecule has 2 unspecified atom stereocenters. The molecule has 0 fully saturated rings. The molecule has 0 radical (unpaired) electrons. The van der Waals surface area contributed by atoms with E-state index in [4.69, 9.17) is 4.74 Å². The van der Waals surface area contributed by atoms with E-state index in [1.807, 2.05) is 0 Å². The summed E-state index contributed by atoms with van der Waals surface area (Å²) in [4.78, 5) is 11.9. The number of carbonyl (C=O) groups excluding carboxylic acids is 1. The van der Waals surface area contributed by atoms with Gasteiger partial charge in [0.2, 0.25) is 0 Å². The molecule has 0 aromatic heterocycles. The van der Waals surface area contributed by atoms with Crippen molar-refractivity contribution in [3.63, 3.8) is 0 Å². The molecule has 2 nitrogen and oxygen atoms in total. The third-order valence-electron chi connectivity index (χ3n) is 3.48. The molecule has 0 aliphatic rings. The maximum absolute atomic E-state index is 11.9. The molecule has 0 saturated carbocycles. The van der Waals surface area contributed by atoms with Crippen LogP contribution < -0.4 is 0 Å². The lowest BCUT2D eigenvalue weighted by Gasteiger charge is -2.17. The van der Waals surface area contributed by atoms with E-state index in [0.29, 0.717) is 12.5 Å². The monoisotopic (exact) mass is 256 g/mol. The first kappa shape index (κ1) is 17.5. The van der Waals surface area contributed by atoms with Crippen LogP contribution in [0, 0.1) is 17.8 Å². The molecule has 0 amide bonds. The van der Waals surface area contributed by atoms with Crippen molar-refractivity contribution >= 4 is 5.97 Å². The predicted octanol–water partition coefficient (Wildman–Crippen LogP) is 4.82. The fourth-order valence-corrected chi connectivity index (χ4v) is 1.98. The van der Waals surface area contributed by atoms with Gasteiger partial charge in [0.15, 0.2) is 0 Å². The number of hydrogen-bond donors (Lipinski definition) is 0. The number of esters is 1. The van der Waals surface area contributed by atoms with Crippen LogP contribution in [0.25, 0.3) is 0 Å². The molecule has 0 N–H and O–H groups in total. The minimum absolute atomic E-state index is 0.0161. The van der Waals surface area contributed by atoms with Crippen molar-refractivity contribution in [2.24, 2.45) is 17.8 Å². The number of rotatable bonds is 10. The third-order valence-corrected chi connectivity index (χ3v) is 3.48. The van der Waals surface area contributed by atoms with E-state index in [9.17, 15) is 4.79 Å². The molecule has 0 bridgehead atoms. The highest BCUT2D eigenvalue weighted by atomic mass is 16.5. The maximum Gasteiger partial charge on any atom is 0.308 e. The first-order chi connectivity index (χ1) is 8.51. The van der Waals surface area contributed by atoms with E-state index in [0.717, 1.165) is 38.0 Å². The van der Waals surface area contributed by atoms with Gasteiger partial charge in [-0.2, -0.15) is 0 Å². The minimum atomic E-state index is 0.0161. The van der Waals surface area contributed by atoms with Crippen LogP contribution in [0.4, 0.5) is 0 Å². The van der Waals surface area contributed by atoms with E-state index in [-0.39, 0.29) is 11.9 Å². The lowest BCUT2D eigenvalue weighted by atomic mass is 9.99. The number of carbonyl (C=O) groups is 1. The first-order valence-corrected chi connectivity index (χ1v) is 7.67. The molecule has 0 aliphatic heterocycles. The lowest BCUT2D eigenvalue weighted by Crippen LogP contribution is -2.20. The lowest BCUT2D eigenvalue weighted by molar-refractivity contribution is -0.150. The normalized spacial score (nSPS) is 14.6. The molecular weight excluding hydrogens is 224 g/mol. The van der Waals surface area contributed by atoms with Gasteiger partial charge in [0.25, 0.3) is 0 Å². The molecule has 0 aliphatic carbocycles. The van der Waals surface area contributed by atoms with Gasteiger partial charge in [0.1, 0.15) is 0 Å². The molecule has 2 heteroatoms. The molecule has 0 heterocycles. The van der Waals surface area contributed by atoms with Crippen molar-refractivity contribution in [1.82, 2.24) is 0 Å². The van der Waals surface area contributed by atoms with Crippen LogP contribution in [0.15, 0.2) is 0 Å². The van der Waals surface area contributed by atoms with Gasteiger partial charge < -0.3 is 4.74 Å². The Morgan fingerprint density at radius 1 is 1.06 bits per heavy atom. The summed E-state index contributed by atoms with van der Waals surface area (Å²) in [6, 6.07) is 0. The smallest absolute Gasteiger partial charge is 0.308 e. The minimum Gasteiger partial charge on any atom is -0.465 e. The molecule has 18 heavy (non-hydrogen) atoms. The van der Waals surface area contributed by atoms with Crippen LogP contribution in [-0.2, 0) is 9.53 Å². The molecule has 0 spiro atoms. The average Bonchev–Trinajstić information content (AvgIpc) is 2.34. The van der Waals surface area contributed by atoms with Crippen molar-refractivity contribution in [2.75, 3.05) is 6.61 Å². The summed E-state index contributed by atoms with van der Waals surface area (Å²) in [5, 5.41) is 0. The largest absolute Gasteiger partial charge is 0.465 e. The zero-order chi connectivity index (χ0) is 14.0. The quantitative estimate of drug-likeness (QED) is 0.524. The molecule has 0 rings (SSSR count). The Labute approximate surface area is 113 Å². The van der Waals surface area contributed by atoms with Gasteiger partial charge in [-0.3, -0.25) is 4.79 Å². The van der Waals surface area contributed by atoms with E-state index in [1.54, 1.807) is 0 Å². The highest BCUT2D eigenvalue weighted by Crippen LogP contribution is 2.16. The zero-order valence-electron chi connectivity index (χ0n) is 13.0. The van der Waals surface area contributed by atoms with E-state index >= 15 is 0 Å². The average molecular weight is 256 g/mol. The third kappa shape index (κ3) is 8.54. The van der Waals surface area contributed by atoms with Gasteiger partial charge in [0.05, 0.1) is 12.5 Å². The molecule has 2 atom stereocenters. The van der Waals surface area contributed by atoms with Crippen molar-refractivity contribution in [3.05, 3.63) is 0 Å². The SMILES string of the molecule is CCCCC(CC)C(=O)OCC(C)CCC(C)C. The summed E-state index contributed by atoms with van der Waals surface area (Å²) >= 11 is 0. The van der Waals surface area contributed by atoms with Crippen LogP contribution in [0.3, 0.4) is 0 Å². The van der Waals surface area contributed by atoms with Gasteiger partial charge in [-0.1, -0.05) is 53.9 Å². The molecule has 0 aromatic rings. The summed E-state index contributed by atoms with van der Waals surface area (Å²) < 4.78 is 5.45. The number of ether oxygens (including phenoxy) is 1. The number of unbranched alkanes of at least 4 members (excludes halogenated alkanes) is 1. The van der Waals surface area contributed by atoms with Gasteiger partial charge in [0, 0.05) is 0 Å². The Hall–Kier alpha value is -0.530. The van der Waals surface area contributed by atoms with Crippen LogP contribution in [0.5, 0.6) is 0 Å². The standard InChI is InChI=1S/C16H32O2/c1-6-8-9-15(7-2)16(17)18-12-14(5)11-10-13(3)4/h13-15H,6-12H2,1-5H3. The fraction of sp³-hybridized carbons (Fsp3) is 0.938. The van der Waals surface area contributed by atoms with Crippen LogP contribution in [0.1, 0.15) is 73.1 Å². The van der Waals surface area contributed by atoms with Crippen LogP contribution >= 0.6 is 0 Å². The van der Waals surface area contributed by atoms with E-state index in [1.165, 1.54) is 6.42 Å². The van der Waals surface area contributed by atoms with Crippen molar-refractivity contribution in [2.45, 2.75) is 73.1 Å². The maximum atomic E-state index is 11.9. The Bertz CT molecular complexity index is 211. The van der Waals surface area contributed by atoms with Gasteiger partial charge >= 0.3 is 5.97 Å². The molecule has 108 valence electrons. The second-order valence-electron chi connectivity index (χ2n) is 5.95. The molecule has 0 saturated heterocycles. The Morgan fingerprint density at radius 3 is 2.22 bits per heavy atom. The molecular formula is C16H32O2. The summed E-state index contributed by atoms with van der Waals surface area (Å²) in [6.45, 7) is 11.5. The highest BCUT2D eigenvalue weighted by Gasteiger charge is 2.18. The Kier molecular flexibility index (Phi) is 10.1. The van der Waals surface area contributed by atoms with Gasteiger partial charge in [-0.25, -0.2) is 0 Å². The molecule has 0 aromatic carbocycles. The van der Waals surface area contributed by atoms with Crippen molar-refractivity contribution < 1.29 is 9.53 Å². The Morgan fingerprint density at radius 2 is 1.72 bits per heavy atom. The van der Waals surface area contributed by atoms with E-state index in [2.05, 4.69) is 34.6 Å². The summed E-state index contributed by atoms with van der Waals surface area (Å²) in [7, 11) is 0. The predicted molar refractivity (Wildman–Crippen MR) is 77.5 cm³/mol. The zero-order valence-corrected chi connectivity index (χ0v) is 13.0. The van der Waals surface area contributed by atoms with Crippen LogP contribution in [-0.4, -0.2) is 12.6 Å². The summed E-state index contributed by atoms with van der Waals surface area (Å²) in [6.07, 6.45) is 6.51. The van der Waals surface area contributed by atoms with Crippen molar-refractivity contribution in [1.29, 1.82) is 0 Å². The van der Waals surface area contributed by atoms with Crippen molar-refractivity contribution in [3.8, 4) is 0 Å². The topological polar surface area (TPSA) is 26.3 Å². The number of hydrogen-bond acceptors (Lipinski definition) is 2. The Balaban J connectivity index is 3.84. The van der Waals surface area contributed by atoms with E-state index < -0.39 is 0 Å². The van der Waals surface area contributed by atoms with Gasteiger partial charge in [-0.05, 0) is 31.1 Å².